The van der Waals surface area contributed by atoms with E-state index in [2.05, 4.69) is 5.32 Å². The van der Waals surface area contributed by atoms with Crippen molar-refractivity contribution in [3.05, 3.63) is 0 Å². The van der Waals surface area contributed by atoms with E-state index < -0.39 is 6.04 Å². The zero-order chi connectivity index (χ0) is 12.3. The van der Waals surface area contributed by atoms with Crippen molar-refractivity contribution >= 4 is 11.8 Å². The summed E-state index contributed by atoms with van der Waals surface area (Å²) in [6.07, 6.45) is 1.16. The molecule has 92 valence electrons. The Labute approximate surface area is 96.4 Å². The number of piperidine rings is 1. The highest BCUT2D eigenvalue weighted by Gasteiger charge is 2.30. The fraction of sp³-hybridized carbons (Fsp3) is 0.818. The molecule has 0 aromatic carbocycles. The molecule has 5 heteroatoms. The Morgan fingerprint density at radius 2 is 2.12 bits per heavy atom. The van der Waals surface area contributed by atoms with Crippen molar-refractivity contribution in [2.75, 3.05) is 6.54 Å². The van der Waals surface area contributed by atoms with Crippen molar-refractivity contribution in [1.29, 1.82) is 0 Å². The molecule has 0 radical (unpaired) electrons. The van der Waals surface area contributed by atoms with E-state index in [1.54, 1.807) is 11.8 Å². The first-order chi connectivity index (χ1) is 7.41. The summed E-state index contributed by atoms with van der Waals surface area (Å²) in [5.41, 5.74) is 5.80. The van der Waals surface area contributed by atoms with E-state index in [4.69, 9.17) is 5.73 Å². The number of nitrogens with one attached hydrogen (secondary N) is 1. The van der Waals surface area contributed by atoms with Crippen LogP contribution in [0.4, 0.5) is 0 Å². The molecule has 16 heavy (non-hydrogen) atoms. The van der Waals surface area contributed by atoms with Gasteiger partial charge < -0.3 is 16.0 Å². The fourth-order valence-electron chi connectivity index (χ4n) is 1.82. The second-order valence-electron chi connectivity index (χ2n) is 4.68. The van der Waals surface area contributed by atoms with Gasteiger partial charge in [0.15, 0.2) is 0 Å². The molecule has 0 bridgehead atoms. The lowest BCUT2D eigenvalue weighted by atomic mass is 10.0. The second kappa shape index (κ2) is 5.30. The van der Waals surface area contributed by atoms with E-state index in [0.29, 0.717) is 19.4 Å². The number of nitrogens with zero attached hydrogens (tertiary/aromatic N) is 1. The standard InChI is InChI=1S/C11H21N3O2/c1-7(2)13-11(16)8(3)14-6-9(12)4-5-10(14)15/h7-9H,4-6,12H2,1-3H3,(H,13,16)/t8-,9-/m0/s1. The zero-order valence-electron chi connectivity index (χ0n) is 10.2. The van der Waals surface area contributed by atoms with E-state index >= 15 is 0 Å². The Bertz CT molecular complexity index is 278. The van der Waals surface area contributed by atoms with Crippen LogP contribution >= 0.6 is 0 Å². The monoisotopic (exact) mass is 227 g/mol. The van der Waals surface area contributed by atoms with Crippen molar-refractivity contribution in [2.24, 2.45) is 5.73 Å². The van der Waals surface area contributed by atoms with Crippen LogP contribution in [0.5, 0.6) is 0 Å². The summed E-state index contributed by atoms with van der Waals surface area (Å²) in [5.74, 6) is -0.0921. The van der Waals surface area contributed by atoms with Gasteiger partial charge in [-0.25, -0.2) is 0 Å². The molecule has 0 saturated carbocycles. The second-order valence-corrected chi connectivity index (χ2v) is 4.68. The molecule has 1 saturated heterocycles. The number of hydrogen-bond donors (Lipinski definition) is 2. The van der Waals surface area contributed by atoms with Gasteiger partial charge >= 0.3 is 0 Å². The smallest absolute Gasteiger partial charge is 0.242 e. The normalized spacial score (nSPS) is 23.4. The molecule has 3 N–H and O–H groups in total. The molecule has 1 heterocycles. The molecular weight excluding hydrogens is 206 g/mol. The van der Waals surface area contributed by atoms with Crippen LogP contribution in [-0.4, -0.2) is 41.4 Å². The highest BCUT2D eigenvalue weighted by molar-refractivity contribution is 5.87. The summed E-state index contributed by atoms with van der Waals surface area (Å²) in [6.45, 7) is 6.02. The number of nitrogens with two attached hydrogens (primary N) is 1. The summed E-state index contributed by atoms with van der Waals surface area (Å²) in [7, 11) is 0. The average molecular weight is 227 g/mol. The molecule has 1 rings (SSSR count). The maximum Gasteiger partial charge on any atom is 0.242 e. The van der Waals surface area contributed by atoms with Crippen LogP contribution in [0.25, 0.3) is 0 Å². The van der Waals surface area contributed by atoms with Crippen LogP contribution < -0.4 is 11.1 Å². The SMILES string of the molecule is CC(C)NC(=O)[C@H](C)N1C[C@@H](N)CCC1=O. The first-order valence-corrected chi connectivity index (χ1v) is 5.77. The summed E-state index contributed by atoms with van der Waals surface area (Å²) >= 11 is 0. The Morgan fingerprint density at radius 1 is 1.50 bits per heavy atom. The average Bonchev–Trinajstić information content (AvgIpc) is 2.19. The third-order valence-corrected chi connectivity index (χ3v) is 2.76. The molecule has 0 unspecified atom stereocenters. The van der Waals surface area contributed by atoms with Gasteiger partial charge in [0.2, 0.25) is 11.8 Å². The Balaban J connectivity index is 2.60. The van der Waals surface area contributed by atoms with E-state index in [1.807, 2.05) is 13.8 Å². The maximum atomic E-state index is 11.8. The molecule has 1 aliphatic rings. The molecule has 5 nitrogen and oxygen atoms in total. The molecule has 0 aromatic heterocycles. The molecule has 1 aliphatic heterocycles. The molecule has 0 aliphatic carbocycles. The molecular formula is C11H21N3O2. The summed E-state index contributed by atoms with van der Waals surface area (Å²) in [4.78, 5) is 25.0. The predicted molar refractivity (Wildman–Crippen MR) is 61.7 cm³/mol. The van der Waals surface area contributed by atoms with Crippen LogP contribution in [0.3, 0.4) is 0 Å². The van der Waals surface area contributed by atoms with Gasteiger partial charge in [0.25, 0.3) is 0 Å². The van der Waals surface area contributed by atoms with Crippen LogP contribution in [0.2, 0.25) is 0 Å². The van der Waals surface area contributed by atoms with Crippen LogP contribution in [-0.2, 0) is 9.59 Å². The number of carbonyl (C=O) groups is 2. The molecule has 0 spiro atoms. The zero-order valence-corrected chi connectivity index (χ0v) is 10.2. The number of rotatable bonds is 3. The van der Waals surface area contributed by atoms with E-state index in [9.17, 15) is 9.59 Å². The van der Waals surface area contributed by atoms with Crippen LogP contribution in [0.1, 0.15) is 33.6 Å². The summed E-state index contributed by atoms with van der Waals surface area (Å²) in [6, 6.07) is -0.350. The van der Waals surface area contributed by atoms with Crippen LogP contribution in [0.15, 0.2) is 0 Å². The maximum absolute atomic E-state index is 11.8. The Kier molecular flexibility index (Phi) is 4.29. The quantitative estimate of drug-likeness (QED) is 0.704. The van der Waals surface area contributed by atoms with Gasteiger partial charge in [0.05, 0.1) is 0 Å². The number of hydrogen-bond acceptors (Lipinski definition) is 3. The number of carbonyl (C=O) groups excluding carboxylic acids is 2. The first kappa shape index (κ1) is 13.0. The topological polar surface area (TPSA) is 75.4 Å². The minimum absolute atomic E-state index is 0.00741. The Morgan fingerprint density at radius 3 is 2.69 bits per heavy atom. The highest BCUT2D eigenvalue weighted by Crippen LogP contribution is 2.13. The Hall–Kier alpha value is -1.10. The van der Waals surface area contributed by atoms with Crippen molar-refractivity contribution < 1.29 is 9.59 Å². The lowest BCUT2D eigenvalue weighted by molar-refractivity contribution is -0.142. The van der Waals surface area contributed by atoms with Gasteiger partial charge in [-0.2, -0.15) is 0 Å². The predicted octanol–water partition coefficient (Wildman–Crippen LogP) is -0.151. The van der Waals surface area contributed by atoms with Gasteiger partial charge in [-0.15, -0.1) is 0 Å². The summed E-state index contributed by atoms with van der Waals surface area (Å²) in [5, 5.41) is 2.80. The van der Waals surface area contributed by atoms with Gasteiger partial charge in [-0.1, -0.05) is 0 Å². The van der Waals surface area contributed by atoms with Gasteiger partial charge in [0.1, 0.15) is 6.04 Å². The minimum atomic E-state index is -0.429. The van der Waals surface area contributed by atoms with Crippen molar-refractivity contribution in [3.8, 4) is 0 Å². The van der Waals surface area contributed by atoms with Crippen molar-refractivity contribution in [2.45, 2.75) is 51.7 Å². The minimum Gasteiger partial charge on any atom is -0.352 e. The third-order valence-electron chi connectivity index (χ3n) is 2.76. The molecule has 0 aromatic rings. The largest absolute Gasteiger partial charge is 0.352 e. The lowest BCUT2D eigenvalue weighted by Crippen LogP contribution is -2.55. The van der Waals surface area contributed by atoms with E-state index in [1.165, 1.54) is 0 Å². The molecule has 1 fully saturated rings. The van der Waals surface area contributed by atoms with E-state index in [0.717, 1.165) is 0 Å². The first-order valence-electron chi connectivity index (χ1n) is 5.77. The number of likely N-dealkylation sites (tertiary alicyclic amines) is 1. The van der Waals surface area contributed by atoms with Gasteiger partial charge in [0, 0.05) is 25.0 Å². The van der Waals surface area contributed by atoms with Crippen molar-refractivity contribution in [3.63, 3.8) is 0 Å². The summed E-state index contributed by atoms with van der Waals surface area (Å²) < 4.78 is 0. The lowest BCUT2D eigenvalue weighted by Gasteiger charge is -2.34. The van der Waals surface area contributed by atoms with Gasteiger partial charge in [-0.05, 0) is 27.2 Å². The molecule has 2 atom stereocenters. The van der Waals surface area contributed by atoms with E-state index in [-0.39, 0.29) is 23.9 Å². The van der Waals surface area contributed by atoms with Crippen molar-refractivity contribution in [1.82, 2.24) is 10.2 Å². The number of amides is 2. The molecule has 2 amide bonds. The fourth-order valence-corrected chi connectivity index (χ4v) is 1.82. The van der Waals surface area contributed by atoms with Gasteiger partial charge in [-0.3, -0.25) is 9.59 Å². The third kappa shape index (κ3) is 3.20. The van der Waals surface area contributed by atoms with Crippen LogP contribution in [0, 0.1) is 0 Å². The highest BCUT2D eigenvalue weighted by atomic mass is 16.2.